The smallest absolute Gasteiger partial charge is 0.221 e. The van der Waals surface area contributed by atoms with Crippen molar-refractivity contribution < 1.29 is 19.0 Å². The van der Waals surface area contributed by atoms with E-state index in [1.165, 1.54) is 5.56 Å². The molecule has 2 saturated heterocycles. The van der Waals surface area contributed by atoms with Gasteiger partial charge in [-0.2, -0.15) is 0 Å². The molecule has 3 rings (SSSR count). The lowest BCUT2D eigenvalue weighted by atomic mass is 10.0. The quantitative estimate of drug-likeness (QED) is 0.674. The lowest BCUT2D eigenvalue weighted by molar-refractivity contribution is -0.122. The number of carbonyl (C=O) groups excluding carboxylic acids is 1. The maximum Gasteiger partial charge on any atom is 0.221 e. The maximum absolute atomic E-state index is 12.4. The largest absolute Gasteiger partial charge is 0.497 e. The molecule has 1 aromatic carbocycles. The molecule has 0 spiro atoms. The molecule has 2 fully saturated rings. The number of nitrogens with zero attached hydrogens (tertiary/aromatic N) is 1. The Morgan fingerprint density at radius 2 is 1.93 bits per heavy atom. The number of methoxy groups -OCH3 is 1. The number of hydrogen-bond acceptors (Lipinski definition) is 6. The number of benzene rings is 1. The first kappa shape index (κ1) is 24.9. The summed E-state index contributed by atoms with van der Waals surface area (Å²) in [6.07, 6.45) is 0.443. The summed E-state index contributed by atoms with van der Waals surface area (Å²) in [6, 6.07) is 8.31. The Kier molecular flexibility index (Phi) is 11.8. The topological polar surface area (TPSA) is 72.1 Å². The molecule has 2 N–H and O–H groups in total. The molecular formula is C19H31Cl2N3O4. The molecule has 1 aromatic rings. The van der Waals surface area contributed by atoms with Crippen molar-refractivity contribution in [2.24, 2.45) is 0 Å². The first-order valence-electron chi connectivity index (χ1n) is 9.30. The molecule has 0 aromatic heterocycles. The van der Waals surface area contributed by atoms with Crippen LogP contribution in [0.25, 0.3) is 0 Å². The number of halogens is 2. The minimum Gasteiger partial charge on any atom is -0.497 e. The van der Waals surface area contributed by atoms with Gasteiger partial charge in [-0.15, -0.1) is 24.8 Å². The van der Waals surface area contributed by atoms with Gasteiger partial charge in [-0.3, -0.25) is 9.69 Å². The van der Waals surface area contributed by atoms with Crippen LogP contribution in [0.3, 0.4) is 0 Å². The monoisotopic (exact) mass is 435 g/mol. The molecule has 0 bridgehead atoms. The van der Waals surface area contributed by atoms with E-state index in [0.717, 1.165) is 38.6 Å². The van der Waals surface area contributed by atoms with Crippen LogP contribution in [0.2, 0.25) is 0 Å². The number of amides is 1. The molecule has 2 aliphatic heterocycles. The summed E-state index contributed by atoms with van der Waals surface area (Å²) in [6.45, 7) is 5.88. The number of morpholine rings is 2. The second-order valence-corrected chi connectivity index (χ2v) is 6.67. The van der Waals surface area contributed by atoms with Gasteiger partial charge in [0.2, 0.25) is 5.91 Å². The zero-order valence-corrected chi connectivity index (χ0v) is 17.9. The number of carbonyl (C=O) groups is 1. The van der Waals surface area contributed by atoms with E-state index >= 15 is 0 Å². The van der Waals surface area contributed by atoms with Crippen LogP contribution >= 0.6 is 24.8 Å². The highest BCUT2D eigenvalue weighted by Gasteiger charge is 2.24. The minimum absolute atomic E-state index is 0. The van der Waals surface area contributed by atoms with Gasteiger partial charge < -0.3 is 24.8 Å². The Labute approximate surface area is 179 Å². The van der Waals surface area contributed by atoms with Crippen molar-refractivity contribution in [3.05, 3.63) is 29.8 Å². The fraction of sp³-hybridized carbons (Fsp3) is 0.632. The van der Waals surface area contributed by atoms with Crippen LogP contribution in [-0.2, 0) is 14.3 Å². The van der Waals surface area contributed by atoms with Gasteiger partial charge in [-0.1, -0.05) is 12.1 Å². The van der Waals surface area contributed by atoms with Crippen LogP contribution in [0.4, 0.5) is 0 Å². The SMILES string of the molecule is COc1ccc(C(CNC(=O)CC2COCCN2)N2CCOCC2)cc1.Cl.Cl. The zero-order valence-electron chi connectivity index (χ0n) is 16.2. The summed E-state index contributed by atoms with van der Waals surface area (Å²) in [5.74, 6) is 0.890. The van der Waals surface area contributed by atoms with Gasteiger partial charge in [-0.25, -0.2) is 0 Å². The van der Waals surface area contributed by atoms with Crippen LogP contribution in [0, 0.1) is 0 Å². The molecule has 160 valence electrons. The van der Waals surface area contributed by atoms with Crippen LogP contribution in [0.1, 0.15) is 18.0 Å². The van der Waals surface area contributed by atoms with Gasteiger partial charge in [0.05, 0.1) is 39.6 Å². The lowest BCUT2D eigenvalue weighted by Gasteiger charge is -2.35. The third-order valence-corrected chi connectivity index (χ3v) is 4.91. The highest BCUT2D eigenvalue weighted by atomic mass is 35.5. The predicted molar refractivity (Wildman–Crippen MR) is 113 cm³/mol. The Morgan fingerprint density at radius 3 is 2.54 bits per heavy atom. The lowest BCUT2D eigenvalue weighted by Crippen LogP contribution is -2.46. The van der Waals surface area contributed by atoms with Crippen molar-refractivity contribution >= 4 is 30.7 Å². The molecule has 0 radical (unpaired) electrons. The van der Waals surface area contributed by atoms with E-state index in [4.69, 9.17) is 14.2 Å². The average molecular weight is 436 g/mol. The zero-order chi connectivity index (χ0) is 18.2. The number of hydrogen-bond donors (Lipinski definition) is 2. The van der Waals surface area contributed by atoms with E-state index in [2.05, 4.69) is 27.7 Å². The Balaban J connectivity index is 0.00000196. The summed E-state index contributed by atoms with van der Waals surface area (Å²) >= 11 is 0. The van der Waals surface area contributed by atoms with E-state index in [1.54, 1.807) is 7.11 Å². The summed E-state index contributed by atoms with van der Waals surface area (Å²) in [5.41, 5.74) is 1.17. The standard InChI is InChI=1S/C19H29N3O4.2ClH/c1-24-17-4-2-15(3-5-17)18(22-7-10-25-11-8-22)13-21-19(23)12-16-14-26-9-6-20-16;;/h2-5,16,18,20H,6-14H2,1H3,(H,21,23);2*1H. The van der Waals surface area contributed by atoms with Crippen LogP contribution in [-0.4, -0.2) is 76.6 Å². The molecule has 7 nitrogen and oxygen atoms in total. The Morgan fingerprint density at radius 1 is 1.21 bits per heavy atom. The maximum atomic E-state index is 12.4. The van der Waals surface area contributed by atoms with Gasteiger partial charge >= 0.3 is 0 Å². The predicted octanol–water partition coefficient (Wildman–Crippen LogP) is 1.41. The molecule has 2 atom stereocenters. The van der Waals surface area contributed by atoms with E-state index in [-0.39, 0.29) is 42.8 Å². The number of nitrogens with one attached hydrogen (secondary N) is 2. The van der Waals surface area contributed by atoms with Gasteiger partial charge in [0.1, 0.15) is 5.75 Å². The fourth-order valence-corrected chi connectivity index (χ4v) is 3.43. The fourth-order valence-electron chi connectivity index (χ4n) is 3.43. The van der Waals surface area contributed by atoms with Crippen molar-refractivity contribution in [1.82, 2.24) is 15.5 Å². The molecule has 1 amide bonds. The second kappa shape index (κ2) is 13.2. The molecule has 2 aliphatic rings. The highest BCUT2D eigenvalue weighted by molar-refractivity contribution is 5.85. The average Bonchev–Trinajstić information content (AvgIpc) is 2.70. The van der Waals surface area contributed by atoms with E-state index < -0.39 is 0 Å². The molecular weight excluding hydrogens is 405 g/mol. The summed E-state index contributed by atoms with van der Waals surface area (Å²) in [7, 11) is 1.66. The molecule has 0 saturated carbocycles. The van der Waals surface area contributed by atoms with E-state index in [9.17, 15) is 4.79 Å². The summed E-state index contributed by atoms with van der Waals surface area (Å²) < 4.78 is 16.2. The first-order chi connectivity index (χ1) is 12.8. The molecule has 2 heterocycles. The first-order valence-corrected chi connectivity index (χ1v) is 9.30. The van der Waals surface area contributed by atoms with Crippen molar-refractivity contribution in [3.8, 4) is 5.75 Å². The van der Waals surface area contributed by atoms with Gasteiger partial charge in [-0.05, 0) is 17.7 Å². The van der Waals surface area contributed by atoms with Crippen molar-refractivity contribution in [2.75, 3.05) is 59.7 Å². The number of rotatable bonds is 7. The van der Waals surface area contributed by atoms with E-state index in [1.807, 2.05) is 12.1 Å². The second-order valence-electron chi connectivity index (χ2n) is 6.67. The van der Waals surface area contributed by atoms with Crippen molar-refractivity contribution in [1.29, 1.82) is 0 Å². The normalized spacial score (nSPS) is 21.0. The van der Waals surface area contributed by atoms with Crippen molar-refractivity contribution in [3.63, 3.8) is 0 Å². The highest BCUT2D eigenvalue weighted by Crippen LogP contribution is 2.23. The molecule has 9 heteroatoms. The van der Waals surface area contributed by atoms with Crippen LogP contribution in [0.15, 0.2) is 24.3 Å². The number of ether oxygens (including phenoxy) is 3. The van der Waals surface area contributed by atoms with Crippen molar-refractivity contribution in [2.45, 2.75) is 18.5 Å². The summed E-state index contributed by atoms with van der Waals surface area (Å²) in [4.78, 5) is 14.7. The Bertz CT molecular complexity index is 565. The van der Waals surface area contributed by atoms with Gasteiger partial charge in [0.25, 0.3) is 0 Å². The van der Waals surface area contributed by atoms with Gasteiger partial charge in [0.15, 0.2) is 0 Å². The third-order valence-electron chi connectivity index (χ3n) is 4.91. The summed E-state index contributed by atoms with van der Waals surface area (Å²) in [5, 5.41) is 6.42. The van der Waals surface area contributed by atoms with E-state index in [0.29, 0.717) is 26.2 Å². The van der Waals surface area contributed by atoms with Crippen LogP contribution < -0.4 is 15.4 Å². The molecule has 0 aliphatic carbocycles. The van der Waals surface area contributed by atoms with Crippen LogP contribution in [0.5, 0.6) is 5.75 Å². The third kappa shape index (κ3) is 7.39. The Hall–Kier alpha value is -1.09. The minimum atomic E-state index is 0. The molecule has 28 heavy (non-hydrogen) atoms. The van der Waals surface area contributed by atoms with Gasteiger partial charge in [0, 0.05) is 38.6 Å². The molecule has 2 unspecified atom stereocenters.